The van der Waals surface area contributed by atoms with Gasteiger partial charge in [-0.1, -0.05) is 48.0 Å². The minimum atomic E-state index is -0.381. The number of fused-ring (bicyclic) bond motifs is 1. The fourth-order valence-corrected chi connectivity index (χ4v) is 8.74. The fourth-order valence-electron chi connectivity index (χ4n) is 2.72. The van der Waals surface area contributed by atoms with E-state index in [-0.39, 0.29) is 9.52 Å². The molecule has 0 spiro atoms. The Hall–Kier alpha value is -1.15. The van der Waals surface area contributed by atoms with E-state index in [0.717, 1.165) is 27.1 Å². The second-order valence-corrected chi connectivity index (χ2v) is 11.6. The van der Waals surface area contributed by atoms with Crippen molar-refractivity contribution in [2.24, 2.45) is 5.92 Å². The molecule has 0 aliphatic carbocycles. The molecule has 2 aromatic carbocycles. The van der Waals surface area contributed by atoms with Gasteiger partial charge in [-0.3, -0.25) is 0 Å². The summed E-state index contributed by atoms with van der Waals surface area (Å²) in [4.78, 5) is 4.68. The third-order valence-corrected chi connectivity index (χ3v) is 10.5. The summed E-state index contributed by atoms with van der Waals surface area (Å²) in [5, 5.41) is 1.35. The van der Waals surface area contributed by atoms with Crippen LogP contribution >= 0.6 is 32.9 Å². The maximum Gasteiger partial charge on any atom is 0.161 e. The normalized spacial score (nSPS) is 12.7. The number of methoxy groups -OCH3 is 2. The van der Waals surface area contributed by atoms with E-state index in [1.165, 1.54) is 15.9 Å². The second-order valence-electron chi connectivity index (χ2n) is 6.11. The number of thiazole rings is 1. The van der Waals surface area contributed by atoms with E-state index >= 15 is 0 Å². The quantitative estimate of drug-likeness (QED) is 0.372. The molecular weight excluding hydrogens is 399 g/mol. The van der Waals surface area contributed by atoms with Gasteiger partial charge in [0.1, 0.15) is 0 Å². The summed E-state index contributed by atoms with van der Waals surface area (Å²) in [5.74, 6) is 3.58. The van der Waals surface area contributed by atoms with Crippen LogP contribution < -0.4 is 14.7 Å². The molecule has 0 fully saturated rings. The molecule has 0 N–H and O–H groups in total. The van der Waals surface area contributed by atoms with Crippen LogP contribution in [-0.2, 0) is 0 Å². The van der Waals surface area contributed by atoms with Crippen LogP contribution in [0.15, 0.2) is 46.8 Å². The van der Waals surface area contributed by atoms with Gasteiger partial charge in [0, 0.05) is 5.75 Å². The van der Waals surface area contributed by atoms with Gasteiger partial charge in [0.2, 0.25) is 0 Å². The lowest BCUT2D eigenvalue weighted by Crippen LogP contribution is -2.19. The molecule has 0 bridgehead atoms. The van der Waals surface area contributed by atoms with E-state index in [1.54, 1.807) is 36.4 Å². The molecular formula is C19H23NO2S3Si. The maximum absolute atomic E-state index is 5.56. The lowest BCUT2D eigenvalue weighted by atomic mass is 10.3. The van der Waals surface area contributed by atoms with Gasteiger partial charge in [0.05, 0.1) is 34.0 Å². The Morgan fingerprint density at radius 3 is 2.73 bits per heavy atom. The average molecular weight is 422 g/mol. The topological polar surface area (TPSA) is 31.4 Å². The summed E-state index contributed by atoms with van der Waals surface area (Å²) in [7, 11) is 6.76. The molecule has 1 aromatic heterocycles. The summed E-state index contributed by atoms with van der Waals surface area (Å²) in [6.07, 6.45) is 0. The van der Waals surface area contributed by atoms with Gasteiger partial charge in [-0.15, -0.1) is 11.3 Å². The minimum absolute atomic E-state index is 0.381. The van der Waals surface area contributed by atoms with Gasteiger partial charge in [-0.25, -0.2) is 4.98 Å². The lowest BCUT2D eigenvalue weighted by Gasteiger charge is -2.14. The zero-order valence-electron chi connectivity index (χ0n) is 15.2. The first-order valence-corrected chi connectivity index (χ1v) is 13.4. The molecule has 0 amide bonds. The number of para-hydroxylation sites is 2. The van der Waals surface area contributed by atoms with Crippen molar-refractivity contribution in [2.45, 2.75) is 17.3 Å². The Kier molecular flexibility index (Phi) is 7.30. The van der Waals surface area contributed by atoms with Crippen LogP contribution in [0.1, 0.15) is 6.92 Å². The summed E-state index contributed by atoms with van der Waals surface area (Å²) >= 11 is 1.78. The summed E-state index contributed by atoms with van der Waals surface area (Å²) in [5.41, 5.74) is 1.10. The third kappa shape index (κ3) is 4.97. The molecule has 1 unspecified atom stereocenters. The van der Waals surface area contributed by atoms with Gasteiger partial charge in [0.25, 0.3) is 0 Å². The standard InChI is InChI=1S/C19H23NO2S3Si/c1-13(12-26-17-10-6-8-15(21-2)18(17)22-3)11-23-25-19-20-14-7-4-5-9-16(14)24-19/h4-10,13H,11-12,26H2,1-3H3. The van der Waals surface area contributed by atoms with Gasteiger partial charge >= 0.3 is 0 Å². The minimum Gasteiger partial charge on any atom is -0.493 e. The number of nitrogens with zero attached hydrogens (tertiary/aromatic N) is 1. The van der Waals surface area contributed by atoms with E-state index in [2.05, 4.69) is 42.2 Å². The first kappa shape index (κ1) is 19.6. The van der Waals surface area contributed by atoms with Gasteiger partial charge in [0.15, 0.2) is 15.8 Å². The van der Waals surface area contributed by atoms with Crippen molar-refractivity contribution in [2.75, 3.05) is 20.0 Å². The van der Waals surface area contributed by atoms with E-state index < -0.39 is 0 Å². The first-order chi connectivity index (χ1) is 12.7. The Morgan fingerprint density at radius 1 is 1.12 bits per heavy atom. The average Bonchev–Trinajstić information content (AvgIpc) is 3.08. The summed E-state index contributed by atoms with van der Waals surface area (Å²) in [6.45, 7) is 2.34. The fraction of sp³-hybridized carbons (Fsp3) is 0.316. The van der Waals surface area contributed by atoms with Gasteiger partial charge in [-0.2, -0.15) is 0 Å². The molecule has 0 aliphatic rings. The van der Waals surface area contributed by atoms with Crippen LogP contribution in [-0.4, -0.2) is 34.5 Å². The highest BCUT2D eigenvalue weighted by Gasteiger charge is 2.12. The molecule has 0 saturated heterocycles. The molecule has 26 heavy (non-hydrogen) atoms. The van der Waals surface area contributed by atoms with Gasteiger partial charge < -0.3 is 9.47 Å². The third-order valence-electron chi connectivity index (χ3n) is 4.15. The van der Waals surface area contributed by atoms with E-state index in [4.69, 9.17) is 9.47 Å². The van der Waals surface area contributed by atoms with Crippen LogP contribution in [0.3, 0.4) is 0 Å². The molecule has 0 saturated carbocycles. The Bertz CT molecular complexity index is 823. The number of ether oxygens (including phenoxy) is 2. The van der Waals surface area contributed by atoms with Crippen molar-refractivity contribution in [3.05, 3.63) is 42.5 Å². The van der Waals surface area contributed by atoms with E-state index in [0.29, 0.717) is 5.92 Å². The predicted molar refractivity (Wildman–Crippen MR) is 120 cm³/mol. The zero-order chi connectivity index (χ0) is 18.4. The number of benzene rings is 2. The second kappa shape index (κ2) is 9.69. The lowest BCUT2D eigenvalue weighted by molar-refractivity contribution is 0.357. The van der Waals surface area contributed by atoms with Crippen LogP contribution in [0.4, 0.5) is 0 Å². The van der Waals surface area contributed by atoms with Crippen molar-refractivity contribution in [3.63, 3.8) is 0 Å². The van der Waals surface area contributed by atoms with Crippen molar-refractivity contribution in [1.29, 1.82) is 0 Å². The molecule has 3 aromatic rings. The highest BCUT2D eigenvalue weighted by Crippen LogP contribution is 2.37. The summed E-state index contributed by atoms with van der Waals surface area (Å²) < 4.78 is 13.4. The number of rotatable bonds is 9. The van der Waals surface area contributed by atoms with Crippen LogP contribution in [0.25, 0.3) is 10.2 Å². The smallest absolute Gasteiger partial charge is 0.161 e. The van der Waals surface area contributed by atoms with Crippen LogP contribution in [0, 0.1) is 5.92 Å². The largest absolute Gasteiger partial charge is 0.493 e. The van der Waals surface area contributed by atoms with Crippen molar-refractivity contribution < 1.29 is 9.47 Å². The molecule has 0 radical (unpaired) electrons. The maximum atomic E-state index is 5.56. The zero-order valence-corrected chi connectivity index (χ0v) is 19.1. The molecule has 1 atom stereocenters. The number of hydrogen-bond donors (Lipinski definition) is 0. The van der Waals surface area contributed by atoms with E-state index in [1.807, 2.05) is 22.9 Å². The molecule has 7 heteroatoms. The SMILES string of the molecule is COc1cccc([SiH2]CC(C)CSSc2nc3ccccc3s2)c1OC. The Balaban J connectivity index is 1.48. The molecule has 138 valence electrons. The van der Waals surface area contributed by atoms with Gasteiger partial charge in [-0.05, 0) is 40.1 Å². The number of aromatic nitrogens is 1. The Labute approximate surface area is 169 Å². The molecule has 3 rings (SSSR count). The predicted octanol–water partition coefficient (Wildman–Crippen LogP) is 4.60. The van der Waals surface area contributed by atoms with Crippen molar-refractivity contribution >= 4 is 57.8 Å². The summed E-state index contributed by atoms with van der Waals surface area (Å²) in [6, 6.07) is 15.8. The van der Waals surface area contributed by atoms with Crippen LogP contribution in [0.5, 0.6) is 11.5 Å². The van der Waals surface area contributed by atoms with Crippen LogP contribution in [0.2, 0.25) is 6.04 Å². The van der Waals surface area contributed by atoms with Crippen molar-refractivity contribution in [1.82, 2.24) is 4.98 Å². The Morgan fingerprint density at radius 2 is 1.96 bits per heavy atom. The first-order valence-electron chi connectivity index (χ1n) is 8.56. The highest BCUT2D eigenvalue weighted by atomic mass is 33.1. The molecule has 1 heterocycles. The highest BCUT2D eigenvalue weighted by molar-refractivity contribution is 8.77. The number of hydrogen-bond acceptors (Lipinski definition) is 6. The molecule has 3 nitrogen and oxygen atoms in total. The molecule has 0 aliphatic heterocycles. The van der Waals surface area contributed by atoms with E-state index in [9.17, 15) is 0 Å². The van der Waals surface area contributed by atoms with Crippen molar-refractivity contribution in [3.8, 4) is 11.5 Å². The monoisotopic (exact) mass is 421 g/mol.